The highest BCUT2D eigenvalue weighted by Gasteiger charge is 2.21. The number of sulfonamides is 1. The molecular weight excluding hydrogens is 368 g/mol. The summed E-state index contributed by atoms with van der Waals surface area (Å²) >= 11 is 0. The molecule has 2 atom stereocenters. The maximum atomic E-state index is 12.7. The Balaban J connectivity index is 2.27. The first-order chi connectivity index (χ1) is 12.9. The van der Waals surface area contributed by atoms with Crippen molar-refractivity contribution in [2.24, 2.45) is 11.8 Å². The molecule has 2 aromatic rings. The van der Waals surface area contributed by atoms with Crippen LogP contribution in [0.5, 0.6) is 11.5 Å². The Hall–Kier alpha value is -2.29. The molecule has 0 radical (unpaired) electrons. The molecule has 0 saturated heterocycles. The molecule has 0 amide bonds. The minimum Gasteiger partial charge on any atom is -0.497 e. The highest BCUT2D eigenvalue weighted by Crippen LogP contribution is 2.32. The van der Waals surface area contributed by atoms with E-state index >= 15 is 0 Å². The first kappa shape index (κ1) is 21.0. The van der Waals surface area contributed by atoms with E-state index in [1.165, 1.54) is 26.4 Å². The van der Waals surface area contributed by atoms with Crippen LogP contribution in [0.3, 0.4) is 0 Å². The summed E-state index contributed by atoms with van der Waals surface area (Å²) in [6, 6.07) is 11.3. The number of nitrogens with one attached hydrogen (secondary N) is 1. The van der Waals surface area contributed by atoms with Crippen molar-refractivity contribution in [2.45, 2.75) is 31.3 Å². The van der Waals surface area contributed by atoms with Crippen molar-refractivity contribution < 1.29 is 22.7 Å². The van der Waals surface area contributed by atoms with Crippen LogP contribution in [0.25, 0.3) is 0 Å². The predicted octanol–water partition coefficient (Wildman–Crippen LogP) is 3.48. The van der Waals surface area contributed by atoms with E-state index in [2.05, 4.69) is 4.72 Å². The Kier molecular flexibility index (Phi) is 7.06. The van der Waals surface area contributed by atoms with Gasteiger partial charge in [0, 0.05) is 6.07 Å². The van der Waals surface area contributed by atoms with Gasteiger partial charge in [0.2, 0.25) is 0 Å². The van der Waals surface area contributed by atoms with Crippen LogP contribution in [0.4, 0.5) is 5.69 Å². The van der Waals surface area contributed by atoms with Gasteiger partial charge in [0.15, 0.2) is 0 Å². The van der Waals surface area contributed by atoms with Crippen LogP contribution in [0.2, 0.25) is 0 Å². The van der Waals surface area contributed by atoms with E-state index in [0.717, 1.165) is 12.0 Å². The zero-order chi connectivity index (χ0) is 20.0. The van der Waals surface area contributed by atoms with Gasteiger partial charge < -0.3 is 9.47 Å². The molecule has 0 aliphatic rings. The average molecular weight is 394 g/mol. The fourth-order valence-corrected chi connectivity index (χ4v) is 3.75. The van der Waals surface area contributed by atoms with Crippen molar-refractivity contribution in [2.75, 3.05) is 18.9 Å². The molecule has 0 bridgehead atoms. The Labute approximate surface area is 160 Å². The number of nitrogens with two attached hydrogens (primary N) is 1. The van der Waals surface area contributed by atoms with Crippen LogP contribution >= 0.6 is 0 Å². The Bertz CT molecular complexity index is 853. The Morgan fingerprint density at radius 1 is 1.07 bits per heavy atom. The second kappa shape index (κ2) is 9.07. The predicted molar refractivity (Wildman–Crippen MR) is 104 cm³/mol. The van der Waals surface area contributed by atoms with E-state index in [-0.39, 0.29) is 16.9 Å². The lowest BCUT2D eigenvalue weighted by Gasteiger charge is -2.21. The molecule has 2 unspecified atom stereocenters. The summed E-state index contributed by atoms with van der Waals surface area (Å²) in [6.45, 7) is 4.07. The van der Waals surface area contributed by atoms with Gasteiger partial charge in [-0.2, -0.15) is 0 Å². The topological polar surface area (TPSA) is 99.9 Å². The summed E-state index contributed by atoms with van der Waals surface area (Å²) in [7, 11) is -0.796. The zero-order valence-corrected chi connectivity index (χ0v) is 16.7. The van der Waals surface area contributed by atoms with Gasteiger partial charge in [-0.15, -0.1) is 0 Å². The fraction of sp³-hybridized carbons (Fsp3) is 0.368. The van der Waals surface area contributed by atoms with Crippen molar-refractivity contribution in [1.29, 1.82) is 0 Å². The smallest absolute Gasteiger partial charge is 0.262 e. The van der Waals surface area contributed by atoms with E-state index in [1.807, 2.05) is 13.8 Å². The number of hydrogen-bond acceptors (Lipinski definition) is 6. The lowest BCUT2D eigenvalue weighted by molar-refractivity contribution is 0.0136. The second-order valence-electron chi connectivity index (χ2n) is 6.18. The van der Waals surface area contributed by atoms with Gasteiger partial charge in [-0.25, -0.2) is 14.3 Å². The van der Waals surface area contributed by atoms with Crippen LogP contribution in [0.1, 0.15) is 31.9 Å². The first-order valence-electron chi connectivity index (χ1n) is 8.56. The lowest BCUT2D eigenvalue weighted by atomic mass is 9.95. The molecule has 8 heteroatoms. The van der Waals surface area contributed by atoms with Crippen molar-refractivity contribution >= 4 is 15.7 Å². The lowest BCUT2D eigenvalue weighted by Crippen LogP contribution is -2.17. The number of rotatable bonds is 9. The highest BCUT2D eigenvalue weighted by atomic mass is 32.2. The quantitative estimate of drug-likeness (QED) is 0.632. The first-order valence-corrected chi connectivity index (χ1v) is 10.0. The third-order valence-corrected chi connectivity index (χ3v) is 5.86. The third kappa shape index (κ3) is 4.91. The van der Waals surface area contributed by atoms with E-state index in [0.29, 0.717) is 17.2 Å². The molecule has 148 valence electrons. The Morgan fingerprint density at radius 2 is 1.74 bits per heavy atom. The van der Waals surface area contributed by atoms with Crippen molar-refractivity contribution in [3.05, 3.63) is 48.0 Å². The number of methoxy groups -OCH3 is 2. The SMILES string of the molecule is CCC(C)C(ON)c1ccc(S(=O)(=O)Nc2ccc(OC)cc2OC)cc1. The molecule has 0 fully saturated rings. The van der Waals surface area contributed by atoms with Gasteiger partial charge >= 0.3 is 0 Å². The summed E-state index contributed by atoms with van der Waals surface area (Å²) in [4.78, 5) is 5.20. The van der Waals surface area contributed by atoms with Gasteiger partial charge in [0.05, 0.1) is 24.8 Å². The van der Waals surface area contributed by atoms with Crippen molar-refractivity contribution in [3.8, 4) is 11.5 Å². The van der Waals surface area contributed by atoms with Gasteiger partial charge in [-0.3, -0.25) is 9.56 Å². The average Bonchev–Trinajstić information content (AvgIpc) is 2.68. The molecule has 0 aromatic heterocycles. The van der Waals surface area contributed by atoms with Crippen LogP contribution in [-0.4, -0.2) is 22.6 Å². The molecule has 0 aliphatic heterocycles. The van der Waals surface area contributed by atoms with Crippen LogP contribution in [0.15, 0.2) is 47.4 Å². The Morgan fingerprint density at radius 3 is 2.26 bits per heavy atom. The van der Waals surface area contributed by atoms with Crippen LogP contribution in [0, 0.1) is 5.92 Å². The summed E-state index contributed by atoms with van der Waals surface area (Å²) in [6.07, 6.45) is 0.599. The maximum Gasteiger partial charge on any atom is 0.262 e. The number of ether oxygens (including phenoxy) is 2. The normalized spacial score (nSPS) is 13.7. The van der Waals surface area contributed by atoms with Gasteiger partial charge in [-0.1, -0.05) is 32.4 Å². The van der Waals surface area contributed by atoms with E-state index < -0.39 is 10.0 Å². The van der Waals surface area contributed by atoms with E-state index in [9.17, 15) is 8.42 Å². The standard InChI is InChI=1S/C19H26N2O5S/c1-5-13(2)19(26-20)14-6-9-16(10-7-14)27(22,23)21-17-11-8-15(24-3)12-18(17)25-4/h6-13,19,21H,5,20H2,1-4H3. The monoisotopic (exact) mass is 394 g/mol. The maximum absolute atomic E-state index is 12.7. The minimum absolute atomic E-state index is 0.129. The molecule has 27 heavy (non-hydrogen) atoms. The van der Waals surface area contributed by atoms with Gasteiger partial charge in [0.25, 0.3) is 10.0 Å². The highest BCUT2D eigenvalue weighted by molar-refractivity contribution is 7.92. The molecule has 3 N–H and O–H groups in total. The van der Waals surface area contributed by atoms with E-state index in [1.54, 1.807) is 30.3 Å². The number of hydrogen-bond donors (Lipinski definition) is 2. The van der Waals surface area contributed by atoms with E-state index in [4.69, 9.17) is 20.2 Å². The minimum atomic E-state index is -3.78. The summed E-state index contributed by atoms with van der Waals surface area (Å²) in [5.41, 5.74) is 1.15. The van der Waals surface area contributed by atoms with Crippen molar-refractivity contribution in [3.63, 3.8) is 0 Å². The second-order valence-corrected chi connectivity index (χ2v) is 7.87. The summed E-state index contributed by atoms with van der Waals surface area (Å²) in [5, 5.41) is 0. The summed E-state index contributed by atoms with van der Waals surface area (Å²) in [5.74, 6) is 6.55. The fourth-order valence-electron chi connectivity index (χ4n) is 2.68. The molecule has 2 aromatic carbocycles. The van der Waals surface area contributed by atoms with Gasteiger partial charge in [-0.05, 0) is 35.7 Å². The van der Waals surface area contributed by atoms with Crippen LogP contribution in [-0.2, 0) is 14.9 Å². The molecule has 0 saturated carbocycles. The molecule has 2 rings (SSSR count). The number of benzene rings is 2. The zero-order valence-electron chi connectivity index (χ0n) is 15.9. The van der Waals surface area contributed by atoms with Gasteiger partial charge in [0.1, 0.15) is 17.6 Å². The van der Waals surface area contributed by atoms with Crippen LogP contribution < -0.4 is 20.1 Å². The van der Waals surface area contributed by atoms with Crippen molar-refractivity contribution in [1.82, 2.24) is 0 Å². The molecule has 0 heterocycles. The largest absolute Gasteiger partial charge is 0.497 e. The molecular formula is C19H26N2O5S. The molecule has 0 aliphatic carbocycles. The molecule has 0 spiro atoms. The molecule has 7 nitrogen and oxygen atoms in total. The third-order valence-electron chi connectivity index (χ3n) is 4.48. The number of anilines is 1. The summed E-state index contributed by atoms with van der Waals surface area (Å²) < 4.78 is 38.3.